The molecule has 0 aromatic rings. The van der Waals surface area contributed by atoms with Gasteiger partial charge < -0.3 is 5.32 Å². The normalized spacial score (nSPS) is 35.4. The van der Waals surface area contributed by atoms with Gasteiger partial charge in [-0.05, 0) is 89.4 Å². The molecule has 1 fully saturated rings. The van der Waals surface area contributed by atoms with Crippen LogP contribution in [-0.2, 0) is 4.79 Å². The van der Waals surface area contributed by atoms with Crippen molar-refractivity contribution in [2.75, 3.05) is 0 Å². The molecule has 2 aliphatic carbocycles. The molecule has 2 aliphatic rings. The van der Waals surface area contributed by atoms with Gasteiger partial charge in [-0.1, -0.05) is 52.0 Å². The number of nitrogens with one attached hydrogen (secondary N) is 1. The first kappa shape index (κ1) is 21.2. The lowest BCUT2D eigenvalue weighted by molar-refractivity contribution is -0.126. The Bertz CT molecular complexity index is 434. The predicted octanol–water partition coefficient (Wildman–Crippen LogP) is 6.78. The minimum Gasteiger partial charge on any atom is -0.353 e. The van der Waals surface area contributed by atoms with Crippen LogP contribution in [0.3, 0.4) is 0 Å². The Morgan fingerprint density at radius 2 is 1.60 bits per heavy atom. The van der Waals surface area contributed by atoms with Gasteiger partial charge in [-0.3, -0.25) is 4.79 Å². The molecular weight excluding hydrogens is 421 g/mol. The van der Waals surface area contributed by atoms with Gasteiger partial charge in [-0.25, -0.2) is 0 Å². The standard InChI is InChI=1S/C22H38INO/c1-17-7-3-8-18(2)15-16-21(14-4-9-17)24-22(25)19-10-5-12-20(23)13-6-11-19/h12,17-19,21H,3-11,13-16H2,1-2H3,(H,24,25)/b20-12+. The Labute approximate surface area is 169 Å². The summed E-state index contributed by atoms with van der Waals surface area (Å²) in [7, 11) is 0. The van der Waals surface area contributed by atoms with Gasteiger partial charge in [-0.2, -0.15) is 0 Å². The Morgan fingerprint density at radius 3 is 2.36 bits per heavy atom. The predicted molar refractivity (Wildman–Crippen MR) is 116 cm³/mol. The van der Waals surface area contributed by atoms with E-state index < -0.39 is 0 Å². The van der Waals surface area contributed by atoms with Crippen molar-refractivity contribution in [2.24, 2.45) is 17.8 Å². The fourth-order valence-electron chi connectivity index (χ4n) is 4.38. The first-order valence-electron chi connectivity index (χ1n) is 10.7. The van der Waals surface area contributed by atoms with Crippen molar-refractivity contribution >= 4 is 28.5 Å². The van der Waals surface area contributed by atoms with Crippen LogP contribution in [0.4, 0.5) is 0 Å². The summed E-state index contributed by atoms with van der Waals surface area (Å²) in [6, 6.07) is 0.404. The van der Waals surface area contributed by atoms with Crippen molar-refractivity contribution in [2.45, 2.75) is 103 Å². The van der Waals surface area contributed by atoms with E-state index in [9.17, 15) is 4.79 Å². The van der Waals surface area contributed by atoms with Crippen molar-refractivity contribution in [3.63, 3.8) is 0 Å². The highest BCUT2D eigenvalue weighted by molar-refractivity contribution is 14.1. The highest BCUT2D eigenvalue weighted by Gasteiger charge is 2.22. The molecule has 25 heavy (non-hydrogen) atoms. The first-order valence-corrected chi connectivity index (χ1v) is 11.8. The van der Waals surface area contributed by atoms with Gasteiger partial charge in [0.1, 0.15) is 0 Å². The van der Waals surface area contributed by atoms with E-state index in [1.165, 1.54) is 54.9 Å². The summed E-state index contributed by atoms with van der Waals surface area (Å²) < 4.78 is 1.47. The second kappa shape index (κ2) is 11.6. The lowest BCUT2D eigenvalue weighted by atomic mass is 9.92. The second-order valence-corrected chi connectivity index (χ2v) is 10.1. The number of hydrogen-bond acceptors (Lipinski definition) is 1. The van der Waals surface area contributed by atoms with E-state index in [0.29, 0.717) is 11.9 Å². The highest BCUT2D eigenvalue weighted by atomic mass is 127. The fraction of sp³-hybridized carbons (Fsp3) is 0.864. The fourth-order valence-corrected chi connectivity index (χ4v) is 5.07. The molecule has 1 saturated carbocycles. The molecule has 4 atom stereocenters. The van der Waals surface area contributed by atoms with Gasteiger partial charge in [0.25, 0.3) is 0 Å². The van der Waals surface area contributed by atoms with Crippen LogP contribution in [0.15, 0.2) is 9.66 Å². The molecule has 144 valence electrons. The molecule has 0 saturated heterocycles. The van der Waals surface area contributed by atoms with Crippen LogP contribution >= 0.6 is 22.6 Å². The zero-order chi connectivity index (χ0) is 18.1. The third kappa shape index (κ3) is 8.45. The molecule has 0 aromatic carbocycles. The molecule has 4 unspecified atom stereocenters. The molecule has 0 aromatic heterocycles. The van der Waals surface area contributed by atoms with E-state index in [0.717, 1.165) is 43.9 Å². The summed E-state index contributed by atoms with van der Waals surface area (Å²) in [5, 5.41) is 3.46. The van der Waals surface area contributed by atoms with Crippen molar-refractivity contribution in [3.8, 4) is 0 Å². The largest absolute Gasteiger partial charge is 0.353 e. The van der Waals surface area contributed by atoms with Gasteiger partial charge in [0.2, 0.25) is 5.91 Å². The van der Waals surface area contributed by atoms with Gasteiger partial charge in [0.15, 0.2) is 0 Å². The maximum atomic E-state index is 12.8. The van der Waals surface area contributed by atoms with E-state index in [-0.39, 0.29) is 5.92 Å². The van der Waals surface area contributed by atoms with Crippen molar-refractivity contribution in [1.82, 2.24) is 5.32 Å². The number of amides is 1. The molecule has 0 heterocycles. The summed E-state index contributed by atoms with van der Waals surface area (Å²) in [6.45, 7) is 4.80. The van der Waals surface area contributed by atoms with Crippen molar-refractivity contribution in [1.29, 1.82) is 0 Å². The summed E-state index contributed by atoms with van der Waals surface area (Å²) >= 11 is 2.45. The molecule has 1 amide bonds. The molecule has 3 heteroatoms. The SMILES string of the molecule is CC1CCCC(C)CCC(NC(=O)C2CC/C=C(/I)CCC2)CCC1. The molecular formula is C22H38INO. The average molecular weight is 459 g/mol. The molecule has 0 bridgehead atoms. The number of allylic oxidation sites excluding steroid dienone is 2. The third-order valence-corrected chi connectivity index (χ3v) is 7.20. The second-order valence-electron chi connectivity index (χ2n) is 8.67. The zero-order valence-electron chi connectivity index (χ0n) is 16.4. The van der Waals surface area contributed by atoms with Crippen LogP contribution in [0.2, 0.25) is 0 Å². The Kier molecular flexibility index (Phi) is 9.87. The number of hydrogen-bond donors (Lipinski definition) is 1. The van der Waals surface area contributed by atoms with E-state index in [4.69, 9.17) is 0 Å². The average Bonchev–Trinajstić information content (AvgIpc) is 2.58. The van der Waals surface area contributed by atoms with Crippen LogP contribution in [0.5, 0.6) is 0 Å². The van der Waals surface area contributed by atoms with Crippen LogP contribution in [0.25, 0.3) is 0 Å². The summed E-state index contributed by atoms with van der Waals surface area (Å²) in [6.07, 6.45) is 18.1. The molecule has 2 rings (SSSR count). The maximum Gasteiger partial charge on any atom is 0.223 e. The van der Waals surface area contributed by atoms with E-state index >= 15 is 0 Å². The molecule has 0 aliphatic heterocycles. The van der Waals surface area contributed by atoms with Gasteiger partial charge in [-0.15, -0.1) is 0 Å². The number of carbonyl (C=O) groups excluding carboxylic acids is 1. The summed E-state index contributed by atoms with van der Waals surface area (Å²) in [5.41, 5.74) is 0. The topological polar surface area (TPSA) is 29.1 Å². The highest BCUT2D eigenvalue weighted by Crippen LogP contribution is 2.27. The smallest absolute Gasteiger partial charge is 0.223 e. The van der Waals surface area contributed by atoms with Crippen molar-refractivity contribution < 1.29 is 4.79 Å². The number of halogens is 1. The van der Waals surface area contributed by atoms with E-state index in [2.05, 4.69) is 47.8 Å². The maximum absolute atomic E-state index is 12.8. The van der Waals surface area contributed by atoms with Crippen molar-refractivity contribution in [3.05, 3.63) is 9.66 Å². The Balaban J connectivity index is 1.87. The summed E-state index contributed by atoms with van der Waals surface area (Å²) in [5.74, 6) is 2.22. The minimum atomic E-state index is 0.232. The van der Waals surface area contributed by atoms with Gasteiger partial charge in [0, 0.05) is 12.0 Å². The monoisotopic (exact) mass is 459 g/mol. The number of rotatable bonds is 2. The quantitative estimate of drug-likeness (QED) is 0.454. The van der Waals surface area contributed by atoms with Crippen LogP contribution in [-0.4, -0.2) is 11.9 Å². The third-order valence-electron chi connectivity index (χ3n) is 6.22. The van der Waals surface area contributed by atoms with Crippen LogP contribution in [0.1, 0.15) is 97.3 Å². The lowest BCUT2D eigenvalue weighted by Gasteiger charge is -2.24. The number of carbonyl (C=O) groups is 1. The Morgan fingerprint density at radius 1 is 0.920 bits per heavy atom. The summed E-state index contributed by atoms with van der Waals surface area (Å²) in [4.78, 5) is 12.8. The van der Waals surface area contributed by atoms with Gasteiger partial charge >= 0.3 is 0 Å². The van der Waals surface area contributed by atoms with E-state index in [1.807, 2.05) is 0 Å². The first-order chi connectivity index (χ1) is 12.0. The molecule has 1 N–H and O–H groups in total. The zero-order valence-corrected chi connectivity index (χ0v) is 18.5. The molecule has 0 spiro atoms. The van der Waals surface area contributed by atoms with E-state index in [1.54, 1.807) is 0 Å². The Hall–Kier alpha value is -0.0600. The van der Waals surface area contributed by atoms with Gasteiger partial charge in [0.05, 0.1) is 0 Å². The lowest BCUT2D eigenvalue weighted by Crippen LogP contribution is -2.39. The molecule has 0 radical (unpaired) electrons. The minimum absolute atomic E-state index is 0.232. The van der Waals surface area contributed by atoms with Crippen LogP contribution < -0.4 is 5.32 Å². The molecule has 2 nitrogen and oxygen atoms in total. The van der Waals surface area contributed by atoms with Crippen LogP contribution in [0, 0.1) is 17.8 Å².